The van der Waals surface area contributed by atoms with Crippen molar-refractivity contribution in [3.05, 3.63) is 22.4 Å². The van der Waals surface area contributed by atoms with E-state index in [1.165, 1.54) is 13.2 Å². The van der Waals surface area contributed by atoms with Gasteiger partial charge in [0.05, 0.1) is 11.6 Å². The van der Waals surface area contributed by atoms with Gasteiger partial charge in [-0.1, -0.05) is 0 Å². The van der Waals surface area contributed by atoms with Crippen molar-refractivity contribution in [2.45, 2.75) is 48.7 Å². The molecule has 5 nitrogen and oxygen atoms in total. The lowest BCUT2D eigenvalue weighted by Crippen LogP contribution is -2.47. The molecular weight excluding hydrogens is 375 g/mol. The lowest BCUT2D eigenvalue weighted by Gasteiger charge is -2.29. The SMILES string of the molecule is COc1cc(Br)c(F)cc1S(=O)(=O)NC1CC2CCC(C1)N2. The van der Waals surface area contributed by atoms with Gasteiger partial charge < -0.3 is 10.1 Å². The van der Waals surface area contributed by atoms with Crippen molar-refractivity contribution in [3.63, 3.8) is 0 Å². The van der Waals surface area contributed by atoms with Crippen LogP contribution >= 0.6 is 15.9 Å². The minimum Gasteiger partial charge on any atom is -0.495 e. The zero-order chi connectivity index (χ0) is 15.9. The van der Waals surface area contributed by atoms with Crippen molar-refractivity contribution in [1.29, 1.82) is 0 Å². The molecule has 2 heterocycles. The third-order valence-electron chi connectivity index (χ3n) is 4.29. The number of halogens is 2. The van der Waals surface area contributed by atoms with Gasteiger partial charge in [0.1, 0.15) is 16.5 Å². The van der Waals surface area contributed by atoms with Crippen molar-refractivity contribution in [1.82, 2.24) is 10.0 Å². The maximum absolute atomic E-state index is 13.7. The molecule has 122 valence electrons. The van der Waals surface area contributed by atoms with Crippen molar-refractivity contribution >= 4 is 26.0 Å². The molecule has 1 aromatic rings. The molecule has 0 aliphatic carbocycles. The van der Waals surface area contributed by atoms with Crippen LogP contribution in [0.15, 0.2) is 21.5 Å². The van der Waals surface area contributed by atoms with Gasteiger partial charge in [-0.2, -0.15) is 0 Å². The summed E-state index contributed by atoms with van der Waals surface area (Å²) < 4.78 is 46.9. The summed E-state index contributed by atoms with van der Waals surface area (Å²) in [7, 11) is -2.46. The van der Waals surface area contributed by atoms with Gasteiger partial charge in [0.2, 0.25) is 10.0 Å². The van der Waals surface area contributed by atoms with Crippen LogP contribution in [-0.2, 0) is 10.0 Å². The van der Waals surface area contributed by atoms with Gasteiger partial charge >= 0.3 is 0 Å². The van der Waals surface area contributed by atoms with E-state index in [9.17, 15) is 12.8 Å². The molecule has 8 heteroatoms. The highest BCUT2D eigenvalue weighted by Crippen LogP contribution is 2.32. The van der Waals surface area contributed by atoms with E-state index in [1.54, 1.807) is 0 Å². The summed E-state index contributed by atoms with van der Waals surface area (Å²) in [5, 5.41) is 3.46. The molecule has 0 saturated carbocycles. The summed E-state index contributed by atoms with van der Waals surface area (Å²) in [6.07, 6.45) is 3.69. The number of hydrogen-bond acceptors (Lipinski definition) is 4. The molecule has 2 aliphatic rings. The lowest BCUT2D eigenvalue weighted by molar-refractivity contribution is 0.344. The summed E-state index contributed by atoms with van der Waals surface area (Å²) >= 11 is 3.03. The van der Waals surface area contributed by atoms with Gasteiger partial charge in [-0.05, 0) is 53.7 Å². The molecule has 2 atom stereocenters. The van der Waals surface area contributed by atoms with Gasteiger partial charge in [0.25, 0.3) is 0 Å². The van der Waals surface area contributed by atoms with E-state index in [1.807, 2.05) is 0 Å². The van der Waals surface area contributed by atoms with E-state index < -0.39 is 15.8 Å². The lowest BCUT2D eigenvalue weighted by atomic mass is 10.0. The van der Waals surface area contributed by atoms with Crippen LogP contribution in [0, 0.1) is 5.82 Å². The molecule has 0 spiro atoms. The summed E-state index contributed by atoms with van der Waals surface area (Å²) in [5.41, 5.74) is 0. The first-order valence-corrected chi connectivity index (χ1v) is 9.48. The summed E-state index contributed by atoms with van der Waals surface area (Å²) in [4.78, 5) is -0.165. The molecule has 0 aromatic heterocycles. The second-order valence-corrected chi connectivity index (χ2v) is 8.38. The molecule has 0 radical (unpaired) electrons. The normalized spacial score (nSPS) is 27.9. The number of hydrogen-bond donors (Lipinski definition) is 2. The molecule has 2 fully saturated rings. The summed E-state index contributed by atoms with van der Waals surface area (Å²) in [6, 6.07) is 2.93. The molecule has 2 unspecified atom stereocenters. The maximum atomic E-state index is 13.7. The van der Waals surface area contributed by atoms with Crippen molar-refractivity contribution in [2.24, 2.45) is 0 Å². The summed E-state index contributed by atoms with van der Waals surface area (Å²) in [6.45, 7) is 0. The van der Waals surface area contributed by atoms with Gasteiger partial charge in [-0.15, -0.1) is 0 Å². The fraction of sp³-hybridized carbons (Fsp3) is 0.571. The smallest absolute Gasteiger partial charge is 0.244 e. The Labute approximate surface area is 137 Å². The standard InChI is InChI=1S/C14H18BrFN2O3S/c1-21-13-6-11(15)12(16)7-14(13)22(19,20)18-10-4-8-2-3-9(5-10)17-8/h6-10,17-18H,2-5H2,1H3. The number of rotatable bonds is 4. The summed E-state index contributed by atoms with van der Waals surface area (Å²) in [5.74, 6) is -0.510. The predicted molar refractivity (Wildman–Crippen MR) is 83.9 cm³/mol. The predicted octanol–water partition coefficient (Wildman–Crippen LogP) is 2.16. The monoisotopic (exact) mass is 392 g/mol. The Bertz CT molecular complexity index is 671. The third kappa shape index (κ3) is 3.15. The molecular formula is C14H18BrFN2O3S. The van der Waals surface area contributed by atoms with Crippen LogP contribution in [0.4, 0.5) is 4.39 Å². The second kappa shape index (κ2) is 6.07. The highest BCUT2D eigenvalue weighted by molar-refractivity contribution is 9.10. The number of ether oxygens (including phenoxy) is 1. The van der Waals surface area contributed by atoms with Gasteiger partial charge in [0.15, 0.2) is 0 Å². The highest BCUT2D eigenvalue weighted by Gasteiger charge is 2.36. The third-order valence-corrected chi connectivity index (χ3v) is 6.44. The maximum Gasteiger partial charge on any atom is 0.244 e. The molecule has 22 heavy (non-hydrogen) atoms. The Hall–Kier alpha value is -0.700. The molecule has 0 amide bonds. The van der Waals surface area contributed by atoms with E-state index in [2.05, 4.69) is 26.0 Å². The molecule has 3 rings (SSSR count). The first-order valence-electron chi connectivity index (χ1n) is 7.20. The Morgan fingerprint density at radius 2 is 1.95 bits per heavy atom. The molecule has 2 saturated heterocycles. The number of methoxy groups -OCH3 is 1. The first kappa shape index (κ1) is 16.2. The number of piperidine rings is 1. The van der Waals surface area contributed by atoms with Crippen molar-refractivity contribution < 1.29 is 17.5 Å². The van der Waals surface area contributed by atoms with Crippen LogP contribution in [-0.4, -0.2) is 33.7 Å². The van der Waals surface area contributed by atoms with E-state index in [-0.39, 0.29) is 21.2 Å². The van der Waals surface area contributed by atoms with Crippen LogP contribution in [0.3, 0.4) is 0 Å². The number of sulfonamides is 1. The highest BCUT2D eigenvalue weighted by atomic mass is 79.9. The van der Waals surface area contributed by atoms with Gasteiger partial charge in [0, 0.05) is 18.1 Å². The Kier molecular flexibility index (Phi) is 4.46. The fourth-order valence-corrected chi connectivity index (χ4v) is 5.06. The molecule has 2 bridgehead atoms. The Balaban J connectivity index is 1.85. The fourth-order valence-electron chi connectivity index (χ4n) is 3.32. The largest absolute Gasteiger partial charge is 0.495 e. The van der Waals surface area contributed by atoms with Crippen LogP contribution in [0.5, 0.6) is 5.75 Å². The minimum atomic E-state index is -3.82. The average Bonchev–Trinajstić information content (AvgIpc) is 2.80. The first-order chi connectivity index (χ1) is 10.4. The van der Waals surface area contributed by atoms with Crippen LogP contribution in [0.25, 0.3) is 0 Å². The molecule has 2 N–H and O–H groups in total. The van der Waals surface area contributed by atoms with Gasteiger partial charge in [-0.3, -0.25) is 0 Å². The molecule has 2 aliphatic heterocycles. The van der Waals surface area contributed by atoms with Crippen molar-refractivity contribution in [2.75, 3.05) is 7.11 Å². The Morgan fingerprint density at radius 1 is 1.32 bits per heavy atom. The Morgan fingerprint density at radius 3 is 2.55 bits per heavy atom. The minimum absolute atomic E-state index is 0.123. The topological polar surface area (TPSA) is 67.4 Å². The average molecular weight is 393 g/mol. The molecule has 1 aromatic carbocycles. The number of benzene rings is 1. The van der Waals surface area contributed by atoms with Crippen LogP contribution in [0.1, 0.15) is 25.7 Å². The number of fused-ring (bicyclic) bond motifs is 2. The van der Waals surface area contributed by atoms with Gasteiger partial charge in [-0.25, -0.2) is 17.5 Å². The quantitative estimate of drug-likeness (QED) is 0.823. The zero-order valence-electron chi connectivity index (χ0n) is 12.1. The van der Waals surface area contributed by atoms with E-state index in [4.69, 9.17) is 4.74 Å². The van der Waals surface area contributed by atoms with Crippen molar-refractivity contribution in [3.8, 4) is 5.75 Å². The number of nitrogens with one attached hydrogen (secondary N) is 2. The second-order valence-electron chi connectivity index (χ2n) is 5.84. The van der Waals surface area contributed by atoms with E-state index in [0.29, 0.717) is 12.1 Å². The van der Waals surface area contributed by atoms with Crippen LogP contribution in [0.2, 0.25) is 0 Å². The zero-order valence-corrected chi connectivity index (χ0v) is 14.5. The van der Waals surface area contributed by atoms with E-state index >= 15 is 0 Å². The van der Waals surface area contributed by atoms with Crippen LogP contribution < -0.4 is 14.8 Å². The van der Waals surface area contributed by atoms with E-state index in [0.717, 1.165) is 31.7 Å².